The number of esters is 2. The minimum absolute atomic E-state index is 0.00250. The third-order valence-corrected chi connectivity index (χ3v) is 9.17. The van der Waals surface area contributed by atoms with Crippen molar-refractivity contribution in [2.75, 3.05) is 27.3 Å². The fraction of sp³-hybridized carbons (Fsp3) is 0.633. The molecule has 11 heteroatoms. The number of rotatable bonds is 10. The Morgan fingerprint density at radius 1 is 1.17 bits per heavy atom. The Hall–Kier alpha value is -3.47. The Labute approximate surface area is 239 Å². The SMILES string of the molecule is COCC1OC(=O)C(=CN(C)CCCCCC(=O)O)C2=C(O)C(=O)C3=C(C(OC(C)=O)CC4(C)C(=O)CCC34)C21C. The number of hydrogen-bond donors (Lipinski definition) is 2. The van der Waals surface area contributed by atoms with Crippen molar-refractivity contribution in [3.8, 4) is 0 Å². The van der Waals surface area contributed by atoms with E-state index in [1.54, 1.807) is 25.8 Å². The van der Waals surface area contributed by atoms with Gasteiger partial charge in [0.2, 0.25) is 5.78 Å². The summed E-state index contributed by atoms with van der Waals surface area (Å²) in [5.74, 6) is -3.94. The number of ketones is 2. The lowest BCUT2D eigenvalue weighted by atomic mass is 9.53. The number of carboxylic acid groups (broad SMARTS) is 1. The molecule has 0 bridgehead atoms. The molecule has 0 amide bonds. The minimum Gasteiger partial charge on any atom is -0.504 e. The van der Waals surface area contributed by atoms with Gasteiger partial charge in [-0.1, -0.05) is 13.3 Å². The lowest BCUT2D eigenvalue weighted by molar-refractivity contribution is -0.160. The third-order valence-electron chi connectivity index (χ3n) is 9.17. The zero-order valence-electron chi connectivity index (χ0n) is 24.3. The minimum atomic E-state index is -1.29. The van der Waals surface area contributed by atoms with Gasteiger partial charge in [0.25, 0.3) is 0 Å². The maximum atomic E-state index is 14.0. The van der Waals surface area contributed by atoms with Gasteiger partial charge in [0, 0.05) is 75.6 Å². The third kappa shape index (κ3) is 5.20. The number of carboxylic acids is 1. The normalized spacial score (nSPS) is 32.0. The van der Waals surface area contributed by atoms with E-state index in [4.69, 9.17) is 19.3 Å². The van der Waals surface area contributed by atoms with Gasteiger partial charge in [0.05, 0.1) is 17.6 Å². The average Bonchev–Trinajstić information content (AvgIpc) is 3.18. The molecule has 1 aliphatic heterocycles. The highest BCUT2D eigenvalue weighted by atomic mass is 16.6. The summed E-state index contributed by atoms with van der Waals surface area (Å²) < 4.78 is 17.1. The Balaban J connectivity index is 1.82. The molecule has 1 saturated carbocycles. The van der Waals surface area contributed by atoms with Crippen LogP contribution in [0.3, 0.4) is 0 Å². The molecule has 4 aliphatic rings. The lowest BCUT2D eigenvalue weighted by Crippen LogP contribution is -2.57. The molecule has 41 heavy (non-hydrogen) atoms. The fourth-order valence-corrected chi connectivity index (χ4v) is 7.18. The Morgan fingerprint density at radius 2 is 1.88 bits per heavy atom. The number of carbonyl (C=O) groups excluding carboxylic acids is 4. The van der Waals surface area contributed by atoms with Crippen molar-refractivity contribution in [1.82, 2.24) is 4.90 Å². The molecule has 0 aromatic heterocycles. The number of hydrogen-bond acceptors (Lipinski definition) is 10. The smallest absolute Gasteiger partial charge is 0.340 e. The predicted octanol–water partition coefficient (Wildman–Crippen LogP) is 3.04. The highest BCUT2D eigenvalue weighted by molar-refractivity contribution is 6.14. The molecule has 1 heterocycles. The molecule has 3 aliphatic carbocycles. The molecule has 5 unspecified atom stereocenters. The van der Waals surface area contributed by atoms with Crippen LogP contribution in [0.4, 0.5) is 0 Å². The van der Waals surface area contributed by atoms with Gasteiger partial charge in [-0.05, 0) is 31.8 Å². The largest absolute Gasteiger partial charge is 0.504 e. The summed E-state index contributed by atoms with van der Waals surface area (Å²) in [5.41, 5.74) is -1.45. The van der Waals surface area contributed by atoms with Gasteiger partial charge in [-0.25, -0.2) is 4.79 Å². The summed E-state index contributed by atoms with van der Waals surface area (Å²) in [4.78, 5) is 65.2. The average molecular weight is 574 g/mol. The first-order chi connectivity index (χ1) is 19.3. The van der Waals surface area contributed by atoms with E-state index in [9.17, 15) is 29.1 Å². The van der Waals surface area contributed by atoms with Crippen LogP contribution in [-0.2, 0) is 38.2 Å². The van der Waals surface area contributed by atoms with E-state index in [1.807, 2.05) is 0 Å². The first-order valence-corrected chi connectivity index (χ1v) is 14.0. The maximum Gasteiger partial charge on any atom is 0.340 e. The van der Waals surface area contributed by atoms with E-state index in [0.717, 1.165) is 0 Å². The number of unbranched alkanes of at least 4 members (excludes halogenated alkanes) is 2. The molecule has 11 nitrogen and oxygen atoms in total. The molecule has 0 spiro atoms. The molecule has 0 aromatic carbocycles. The van der Waals surface area contributed by atoms with Crippen molar-refractivity contribution in [2.45, 2.75) is 77.9 Å². The van der Waals surface area contributed by atoms with Crippen molar-refractivity contribution in [3.05, 3.63) is 34.3 Å². The Morgan fingerprint density at radius 3 is 2.51 bits per heavy atom. The maximum absolute atomic E-state index is 14.0. The summed E-state index contributed by atoms with van der Waals surface area (Å²) in [6.07, 6.45) is 2.42. The van der Waals surface area contributed by atoms with E-state index >= 15 is 0 Å². The molecule has 0 radical (unpaired) electrons. The predicted molar refractivity (Wildman–Crippen MR) is 144 cm³/mol. The van der Waals surface area contributed by atoms with Gasteiger partial charge in [-0.15, -0.1) is 0 Å². The van der Waals surface area contributed by atoms with Crippen LogP contribution in [0, 0.1) is 16.7 Å². The highest BCUT2D eigenvalue weighted by Gasteiger charge is 2.64. The van der Waals surface area contributed by atoms with Gasteiger partial charge in [0.1, 0.15) is 18.0 Å². The molecule has 1 saturated heterocycles. The van der Waals surface area contributed by atoms with E-state index in [1.165, 1.54) is 20.2 Å². The molecule has 0 aromatic rings. The first kappa shape index (κ1) is 30.5. The molecule has 4 rings (SSSR count). The van der Waals surface area contributed by atoms with Crippen LogP contribution in [0.15, 0.2) is 34.3 Å². The van der Waals surface area contributed by atoms with Gasteiger partial charge >= 0.3 is 17.9 Å². The molecule has 2 N–H and O–H groups in total. The molecule has 224 valence electrons. The van der Waals surface area contributed by atoms with Crippen LogP contribution in [0.5, 0.6) is 0 Å². The number of Topliss-reactive ketones (excluding diaryl/α,β-unsaturated/α-hetero) is 2. The quantitative estimate of drug-likeness (QED) is 0.225. The number of nitrogens with zero attached hydrogens (tertiary/aromatic N) is 1. The standard InChI is InChI=1S/C30H39NO10/c1-16(32)40-19-13-29(2)18(10-11-20(29)33)23-25(19)30(3)21(15-39-5)41-28(38)17(24(30)27(37)26(23)36)14-31(4)12-8-6-7-9-22(34)35/h14,18-19,21,37H,6-13,15H2,1-5H3,(H,34,35). The van der Waals surface area contributed by atoms with Crippen molar-refractivity contribution >= 4 is 29.5 Å². The summed E-state index contributed by atoms with van der Waals surface area (Å²) in [6.45, 7) is 5.24. The van der Waals surface area contributed by atoms with Crippen molar-refractivity contribution < 1.29 is 48.4 Å². The van der Waals surface area contributed by atoms with Gasteiger partial charge in [-0.2, -0.15) is 0 Å². The zero-order chi connectivity index (χ0) is 30.3. The van der Waals surface area contributed by atoms with Gasteiger partial charge < -0.3 is 29.3 Å². The molecule has 5 atom stereocenters. The van der Waals surface area contributed by atoms with Gasteiger partial charge in [0.15, 0.2) is 5.76 Å². The van der Waals surface area contributed by atoms with Gasteiger partial charge in [-0.3, -0.25) is 19.2 Å². The lowest BCUT2D eigenvalue weighted by Gasteiger charge is -2.53. The van der Waals surface area contributed by atoms with Crippen molar-refractivity contribution in [1.29, 1.82) is 0 Å². The number of aliphatic hydroxyl groups is 1. The van der Waals surface area contributed by atoms with E-state index in [2.05, 4.69) is 0 Å². The van der Waals surface area contributed by atoms with Crippen molar-refractivity contribution in [3.63, 3.8) is 0 Å². The van der Waals surface area contributed by atoms with Crippen LogP contribution < -0.4 is 0 Å². The second-order valence-electron chi connectivity index (χ2n) is 11.9. The summed E-state index contributed by atoms with van der Waals surface area (Å²) in [5, 5.41) is 20.4. The summed E-state index contributed by atoms with van der Waals surface area (Å²) >= 11 is 0. The van der Waals surface area contributed by atoms with Crippen LogP contribution in [0.2, 0.25) is 0 Å². The van der Waals surface area contributed by atoms with Crippen molar-refractivity contribution in [2.24, 2.45) is 16.7 Å². The van der Waals surface area contributed by atoms with Crippen LogP contribution in [-0.4, -0.2) is 84.1 Å². The summed E-state index contributed by atoms with van der Waals surface area (Å²) in [7, 11) is 3.19. The Kier molecular flexibility index (Phi) is 8.50. The first-order valence-electron chi connectivity index (χ1n) is 14.0. The number of cyclic esters (lactones) is 1. The number of methoxy groups -OCH3 is 1. The molecular formula is C30H39NO10. The number of allylic oxidation sites excluding steroid dienone is 1. The number of aliphatic carboxylic acids is 1. The number of carbonyl (C=O) groups is 5. The van der Waals surface area contributed by atoms with Crippen LogP contribution in [0.25, 0.3) is 0 Å². The van der Waals surface area contributed by atoms with Crippen LogP contribution >= 0.6 is 0 Å². The monoisotopic (exact) mass is 573 g/mol. The summed E-state index contributed by atoms with van der Waals surface area (Å²) in [6, 6.07) is 0. The second-order valence-corrected chi connectivity index (χ2v) is 11.9. The highest BCUT2D eigenvalue weighted by Crippen LogP contribution is 2.62. The van der Waals surface area contributed by atoms with Crippen LogP contribution in [0.1, 0.15) is 65.7 Å². The second kappa shape index (κ2) is 11.4. The van der Waals surface area contributed by atoms with E-state index in [0.29, 0.717) is 37.8 Å². The van der Waals surface area contributed by atoms with E-state index in [-0.39, 0.29) is 48.4 Å². The number of aliphatic hydroxyl groups excluding tert-OH is 1. The Bertz CT molecular complexity index is 1260. The number of fused-ring (bicyclic) bond motifs is 4. The molecule has 2 fully saturated rings. The molecular weight excluding hydrogens is 534 g/mol. The fourth-order valence-electron chi connectivity index (χ4n) is 7.18. The number of ether oxygens (including phenoxy) is 3. The topological polar surface area (TPSA) is 157 Å². The zero-order valence-corrected chi connectivity index (χ0v) is 24.3. The van der Waals surface area contributed by atoms with E-state index < -0.39 is 58.4 Å².